The van der Waals surface area contributed by atoms with Gasteiger partial charge in [0.25, 0.3) is 5.91 Å². The van der Waals surface area contributed by atoms with Crippen molar-refractivity contribution in [3.8, 4) is 5.75 Å². The second kappa shape index (κ2) is 6.56. The zero-order valence-electron chi connectivity index (χ0n) is 11.6. The molecule has 0 aliphatic heterocycles. The standard InChI is InChI=1S/C14H19BrN2O3/c1-3-20-12-7-11(16)13(12)17-14(18)9-6-8(19-2)4-5-10(9)15/h4-6,11-13H,3,7,16H2,1-2H3,(H,17,18). The van der Waals surface area contributed by atoms with Gasteiger partial charge in [-0.15, -0.1) is 0 Å². The van der Waals surface area contributed by atoms with Crippen LogP contribution in [0.25, 0.3) is 0 Å². The first-order chi connectivity index (χ1) is 9.56. The Bertz CT molecular complexity index is 493. The average molecular weight is 343 g/mol. The number of hydrogen-bond donors (Lipinski definition) is 2. The molecule has 1 saturated carbocycles. The van der Waals surface area contributed by atoms with Crippen LogP contribution in [0.1, 0.15) is 23.7 Å². The van der Waals surface area contributed by atoms with E-state index in [0.29, 0.717) is 17.9 Å². The van der Waals surface area contributed by atoms with Gasteiger partial charge in [-0.1, -0.05) is 0 Å². The molecule has 110 valence electrons. The average Bonchev–Trinajstić information content (AvgIpc) is 2.45. The predicted octanol–water partition coefficient (Wildman–Crippen LogP) is 1.69. The van der Waals surface area contributed by atoms with E-state index in [0.717, 1.165) is 10.9 Å². The highest BCUT2D eigenvalue weighted by atomic mass is 79.9. The summed E-state index contributed by atoms with van der Waals surface area (Å²) in [5.74, 6) is 0.457. The van der Waals surface area contributed by atoms with Gasteiger partial charge in [-0.05, 0) is 47.5 Å². The topological polar surface area (TPSA) is 73.6 Å². The number of carbonyl (C=O) groups excluding carboxylic acids is 1. The molecule has 0 spiro atoms. The number of nitrogens with one attached hydrogen (secondary N) is 1. The van der Waals surface area contributed by atoms with Gasteiger partial charge in [-0.2, -0.15) is 0 Å². The van der Waals surface area contributed by atoms with E-state index in [9.17, 15) is 4.79 Å². The van der Waals surface area contributed by atoms with Crippen molar-refractivity contribution in [2.75, 3.05) is 13.7 Å². The van der Waals surface area contributed by atoms with Crippen molar-refractivity contribution in [3.05, 3.63) is 28.2 Å². The predicted molar refractivity (Wildman–Crippen MR) is 80.0 cm³/mol. The fraction of sp³-hybridized carbons (Fsp3) is 0.500. The number of ether oxygens (including phenoxy) is 2. The molecule has 0 bridgehead atoms. The van der Waals surface area contributed by atoms with E-state index in [2.05, 4.69) is 21.2 Å². The van der Waals surface area contributed by atoms with Gasteiger partial charge >= 0.3 is 0 Å². The molecule has 3 atom stereocenters. The third kappa shape index (κ3) is 3.13. The summed E-state index contributed by atoms with van der Waals surface area (Å²) >= 11 is 3.37. The Morgan fingerprint density at radius 3 is 2.90 bits per heavy atom. The Kier molecular flexibility index (Phi) is 5.01. The molecule has 0 heterocycles. The minimum Gasteiger partial charge on any atom is -0.497 e. The van der Waals surface area contributed by atoms with Gasteiger partial charge < -0.3 is 20.5 Å². The Labute approximate surface area is 126 Å². The molecule has 1 fully saturated rings. The molecule has 0 aromatic heterocycles. The third-order valence-corrected chi connectivity index (χ3v) is 4.15. The molecular weight excluding hydrogens is 324 g/mol. The van der Waals surface area contributed by atoms with E-state index in [-0.39, 0.29) is 24.1 Å². The van der Waals surface area contributed by atoms with E-state index in [1.165, 1.54) is 0 Å². The van der Waals surface area contributed by atoms with Crippen LogP contribution in [0.4, 0.5) is 0 Å². The van der Waals surface area contributed by atoms with Crippen LogP contribution in [-0.4, -0.2) is 37.8 Å². The largest absolute Gasteiger partial charge is 0.497 e. The molecule has 0 radical (unpaired) electrons. The number of halogens is 1. The number of methoxy groups -OCH3 is 1. The van der Waals surface area contributed by atoms with Crippen molar-refractivity contribution in [1.29, 1.82) is 0 Å². The summed E-state index contributed by atoms with van der Waals surface area (Å²) in [7, 11) is 1.57. The monoisotopic (exact) mass is 342 g/mol. The van der Waals surface area contributed by atoms with Gasteiger partial charge in [0.15, 0.2) is 0 Å². The molecule has 6 heteroatoms. The highest BCUT2D eigenvalue weighted by molar-refractivity contribution is 9.10. The van der Waals surface area contributed by atoms with Crippen molar-refractivity contribution < 1.29 is 14.3 Å². The van der Waals surface area contributed by atoms with Crippen molar-refractivity contribution in [3.63, 3.8) is 0 Å². The van der Waals surface area contributed by atoms with Crippen molar-refractivity contribution in [2.24, 2.45) is 5.73 Å². The van der Waals surface area contributed by atoms with Crippen LogP contribution in [0.2, 0.25) is 0 Å². The van der Waals surface area contributed by atoms with Gasteiger partial charge in [0.1, 0.15) is 5.75 Å². The molecule has 2 rings (SSSR count). The van der Waals surface area contributed by atoms with Crippen LogP contribution < -0.4 is 15.8 Å². The Morgan fingerprint density at radius 2 is 2.30 bits per heavy atom. The fourth-order valence-corrected chi connectivity index (χ4v) is 2.69. The lowest BCUT2D eigenvalue weighted by atomic mass is 9.83. The molecular formula is C14H19BrN2O3. The molecule has 1 aliphatic carbocycles. The maximum atomic E-state index is 12.3. The third-order valence-electron chi connectivity index (χ3n) is 3.46. The van der Waals surface area contributed by atoms with Crippen LogP contribution in [0, 0.1) is 0 Å². The minimum absolute atomic E-state index is 0.00309. The first-order valence-corrected chi connectivity index (χ1v) is 7.37. The SMILES string of the molecule is CCOC1CC(N)C1NC(=O)c1cc(OC)ccc1Br. The lowest BCUT2D eigenvalue weighted by molar-refractivity contribution is -0.0300. The number of carbonyl (C=O) groups is 1. The molecule has 5 nitrogen and oxygen atoms in total. The number of amides is 1. The number of hydrogen-bond acceptors (Lipinski definition) is 4. The summed E-state index contributed by atoms with van der Waals surface area (Å²) in [6.07, 6.45) is 0.779. The number of benzene rings is 1. The second-order valence-corrected chi connectivity index (χ2v) is 5.59. The van der Waals surface area contributed by atoms with Gasteiger partial charge in [-0.25, -0.2) is 0 Å². The van der Waals surface area contributed by atoms with E-state index in [1.54, 1.807) is 25.3 Å². The fourth-order valence-electron chi connectivity index (χ4n) is 2.26. The number of rotatable bonds is 5. The Morgan fingerprint density at radius 1 is 1.55 bits per heavy atom. The van der Waals surface area contributed by atoms with E-state index in [1.807, 2.05) is 6.92 Å². The van der Waals surface area contributed by atoms with Gasteiger partial charge in [0.2, 0.25) is 0 Å². The lowest BCUT2D eigenvalue weighted by Gasteiger charge is -2.42. The highest BCUT2D eigenvalue weighted by Gasteiger charge is 2.40. The van der Waals surface area contributed by atoms with Crippen LogP contribution >= 0.6 is 15.9 Å². The summed E-state index contributed by atoms with van der Waals surface area (Å²) in [6.45, 7) is 2.55. The summed E-state index contributed by atoms with van der Waals surface area (Å²) in [5, 5.41) is 2.93. The van der Waals surface area contributed by atoms with E-state index < -0.39 is 0 Å². The molecule has 1 aromatic rings. The maximum absolute atomic E-state index is 12.3. The highest BCUT2D eigenvalue weighted by Crippen LogP contribution is 2.26. The first kappa shape index (κ1) is 15.3. The van der Waals surface area contributed by atoms with Crippen LogP contribution in [0.15, 0.2) is 22.7 Å². The molecule has 0 saturated heterocycles. The van der Waals surface area contributed by atoms with Crippen molar-refractivity contribution >= 4 is 21.8 Å². The van der Waals surface area contributed by atoms with Crippen LogP contribution in [0.5, 0.6) is 5.75 Å². The smallest absolute Gasteiger partial charge is 0.252 e. The van der Waals surface area contributed by atoms with Gasteiger partial charge in [-0.3, -0.25) is 4.79 Å². The van der Waals surface area contributed by atoms with Crippen LogP contribution in [-0.2, 0) is 4.74 Å². The van der Waals surface area contributed by atoms with Gasteiger partial charge in [0, 0.05) is 17.1 Å². The second-order valence-electron chi connectivity index (χ2n) is 4.74. The summed E-state index contributed by atoms with van der Waals surface area (Å²) in [6, 6.07) is 5.08. The quantitative estimate of drug-likeness (QED) is 0.853. The lowest BCUT2D eigenvalue weighted by Crippen LogP contribution is -2.64. The van der Waals surface area contributed by atoms with Gasteiger partial charge in [0.05, 0.1) is 24.8 Å². The van der Waals surface area contributed by atoms with E-state index in [4.69, 9.17) is 15.2 Å². The van der Waals surface area contributed by atoms with Crippen LogP contribution in [0.3, 0.4) is 0 Å². The van der Waals surface area contributed by atoms with E-state index >= 15 is 0 Å². The normalized spacial score (nSPS) is 24.9. The zero-order valence-corrected chi connectivity index (χ0v) is 13.1. The summed E-state index contributed by atoms with van der Waals surface area (Å²) in [5.41, 5.74) is 6.46. The number of nitrogens with two attached hydrogens (primary N) is 1. The molecule has 1 amide bonds. The molecule has 3 N–H and O–H groups in total. The van der Waals surface area contributed by atoms with Crippen molar-refractivity contribution in [1.82, 2.24) is 5.32 Å². The zero-order chi connectivity index (χ0) is 14.7. The Hall–Kier alpha value is -1.11. The summed E-state index contributed by atoms with van der Waals surface area (Å²) in [4.78, 5) is 12.3. The molecule has 3 unspecified atom stereocenters. The molecule has 20 heavy (non-hydrogen) atoms. The first-order valence-electron chi connectivity index (χ1n) is 6.58. The molecule has 1 aliphatic rings. The Balaban J connectivity index is 2.08. The van der Waals surface area contributed by atoms with Crippen molar-refractivity contribution in [2.45, 2.75) is 31.5 Å². The summed E-state index contributed by atoms with van der Waals surface area (Å²) < 4.78 is 11.4. The maximum Gasteiger partial charge on any atom is 0.252 e. The molecule has 1 aromatic carbocycles. The minimum atomic E-state index is -0.180.